The summed E-state index contributed by atoms with van der Waals surface area (Å²) < 4.78 is 16.1. The zero-order chi connectivity index (χ0) is 17.4. The standard InChI is InChI=1S/C20H20O4/c1-4-8-16-13-17(22-2)20(18(14-16)23-3)24-19(21)12-11-15-9-6-5-7-10-15/h4-7,9-14H,1,8H2,2-3H3. The normalized spacial score (nSPS) is 10.4. The third-order valence-electron chi connectivity index (χ3n) is 3.31. The van der Waals surface area contributed by atoms with Crippen LogP contribution in [0.4, 0.5) is 0 Å². The van der Waals surface area contributed by atoms with E-state index < -0.39 is 5.97 Å². The lowest BCUT2D eigenvalue weighted by molar-refractivity contribution is -0.129. The fourth-order valence-corrected chi connectivity index (χ4v) is 2.18. The average molecular weight is 324 g/mol. The fraction of sp³-hybridized carbons (Fsp3) is 0.150. The van der Waals surface area contributed by atoms with E-state index in [4.69, 9.17) is 14.2 Å². The van der Waals surface area contributed by atoms with Crippen molar-refractivity contribution in [3.8, 4) is 17.2 Å². The molecule has 124 valence electrons. The van der Waals surface area contributed by atoms with Gasteiger partial charge in [-0.15, -0.1) is 6.58 Å². The molecule has 4 heteroatoms. The summed E-state index contributed by atoms with van der Waals surface area (Å²) in [6, 6.07) is 13.1. The molecule has 2 aromatic carbocycles. The van der Waals surface area contributed by atoms with Crippen LogP contribution in [0.25, 0.3) is 6.08 Å². The number of carbonyl (C=O) groups excluding carboxylic acids is 1. The van der Waals surface area contributed by atoms with Crippen molar-refractivity contribution < 1.29 is 19.0 Å². The highest BCUT2D eigenvalue weighted by Crippen LogP contribution is 2.39. The lowest BCUT2D eigenvalue weighted by Crippen LogP contribution is -2.07. The second kappa shape index (κ2) is 8.58. The first-order valence-electron chi connectivity index (χ1n) is 7.48. The van der Waals surface area contributed by atoms with Gasteiger partial charge in [-0.2, -0.15) is 0 Å². The van der Waals surface area contributed by atoms with E-state index in [2.05, 4.69) is 6.58 Å². The first-order chi connectivity index (χ1) is 11.7. The van der Waals surface area contributed by atoms with Crippen LogP contribution in [0.2, 0.25) is 0 Å². The number of carbonyl (C=O) groups is 1. The van der Waals surface area contributed by atoms with Gasteiger partial charge in [0.1, 0.15) is 0 Å². The molecule has 24 heavy (non-hydrogen) atoms. The van der Waals surface area contributed by atoms with Crippen LogP contribution in [-0.2, 0) is 11.2 Å². The molecule has 0 saturated carbocycles. The van der Waals surface area contributed by atoms with Crippen LogP contribution in [0.1, 0.15) is 11.1 Å². The Hall–Kier alpha value is -3.01. The van der Waals surface area contributed by atoms with Crippen molar-refractivity contribution in [1.82, 2.24) is 0 Å². The molecule has 2 rings (SSSR count). The zero-order valence-corrected chi connectivity index (χ0v) is 13.8. The van der Waals surface area contributed by atoms with E-state index in [9.17, 15) is 4.79 Å². The van der Waals surface area contributed by atoms with E-state index >= 15 is 0 Å². The van der Waals surface area contributed by atoms with Gasteiger partial charge in [0, 0.05) is 6.08 Å². The summed E-state index contributed by atoms with van der Waals surface area (Å²) >= 11 is 0. The lowest BCUT2D eigenvalue weighted by Gasteiger charge is -2.14. The number of hydrogen-bond acceptors (Lipinski definition) is 4. The molecule has 0 spiro atoms. The van der Waals surface area contributed by atoms with Crippen molar-refractivity contribution in [1.29, 1.82) is 0 Å². The Morgan fingerprint density at radius 2 is 1.71 bits per heavy atom. The summed E-state index contributed by atoms with van der Waals surface area (Å²) in [5.74, 6) is 0.628. The third kappa shape index (κ3) is 4.49. The van der Waals surface area contributed by atoms with Crippen molar-refractivity contribution in [3.63, 3.8) is 0 Å². The summed E-state index contributed by atoms with van der Waals surface area (Å²) in [6.07, 6.45) is 5.50. The molecular weight excluding hydrogens is 304 g/mol. The van der Waals surface area contributed by atoms with E-state index in [1.165, 1.54) is 20.3 Å². The number of ether oxygens (including phenoxy) is 3. The highest BCUT2D eigenvalue weighted by molar-refractivity contribution is 5.89. The SMILES string of the molecule is C=CCc1cc(OC)c(OC(=O)C=Cc2ccccc2)c(OC)c1. The van der Waals surface area contributed by atoms with Gasteiger partial charge in [0.15, 0.2) is 11.5 Å². The molecule has 0 fully saturated rings. The molecule has 0 unspecified atom stereocenters. The van der Waals surface area contributed by atoms with Gasteiger partial charge in [-0.25, -0.2) is 4.79 Å². The van der Waals surface area contributed by atoms with E-state index in [1.807, 2.05) is 30.3 Å². The summed E-state index contributed by atoms with van der Waals surface area (Å²) in [7, 11) is 3.03. The number of hydrogen-bond donors (Lipinski definition) is 0. The Morgan fingerprint density at radius 3 is 2.25 bits per heavy atom. The van der Waals surface area contributed by atoms with Gasteiger partial charge in [0.2, 0.25) is 5.75 Å². The van der Waals surface area contributed by atoms with Crippen LogP contribution >= 0.6 is 0 Å². The molecule has 0 aromatic heterocycles. The van der Waals surface area contributed by atoms with Crippen LogP contribution in [0.5, 0.6) is 17.2 Å². The Kier molecular flexibility index (Phi) is 6.20. The van der Waals surface area contributed by atoms with Crippen LogP contribution in [0.15, 0.2) is 61.2 Å². The topological polar surface area (TPSA) is 44.8 Å². The highest BCUT2D eigenvalue weighted by Gasteiger charge is 2.16. The quantitative estimate of drug-likeness (QED) is 0.333. The van der Waals surface area contributed by atoms with Gasteiger partial charge in [0.05, 0.1) is 14.2 Å². The Morgan fingerprint density at radius 1 is 1.08 bits per heavy atom. The number of benzene rings is 2. The van der Waals surface area contributed by atoms with Crippen molar-refractivity contribution in [2.45, 2.75) is 6.42 Å². The maximum absolute atomic E-state index is 12.1. The predicted octanol–water partition coefficient (Wildman–Crippen LogP) is 4.05. The van der Waals surface area contributed by atoms with E-state index in [0.29, 0.717) is 17.9 Å². The van der Waals surface area contributed by atoms with Crippen molar-refractivity contribution in [3.05, 3.63) is 72.3 Å². The van der Waals surface area contributed by atoms with Crippen LogP contribution in [0.3, 0.4) is 0 Å². The van der Waals surface area contributed by atoms with Gasteiger partial charge in [0.25, 0.3) is 0 Å². The van der Waals surface area contributed by atoms with Crippen molar-refractivity contribution >= 4 is 12.0 Å². The smallest absolute Gasteiger partial charge is 0.336 e. The average Bonchev–Trinajstić information content (AvgIpc) is 2.62. The molecule has 0 aliphatic carbocycles. The molecule has 0 N–H and O–H groups in total. The fourth-order valence-electron chi connectivity index (χ4n) is 2.18. The number of allylic oxidation sites excluding steroid dienone is 1. The van der Waals surface area contributed by atoms with Gasteiger partial charge < -0.3 is 14.2 Å². The van der Waals surface area contributed by atoms with Crippen LogP contribution in [-0.4, -0.2) is 20.2 Å². The van der Waals surface area contributed by atoms with E-state index in [0.717, 1.165) is 11.1 Å². The summed E-state index contributed by atoms with van der Waals surface area (Å²) in [5, 5.41) is 0. The first-order valence-corrected chi connectivity index (χ1v) is 7.48. The molecule has 0 aliphatic heterocycles. The van der Waals surface area contributed by atoms with Gasteiger partial charge in [-0.3, -0.25) is 0 Å². The molecule has 4 nitrogen and oxygen atoms in total. The summed E-state index contributed by atoms with van der Waals surface area (Å²) in [6.45, 7) is 3.71. The Bertz CT molecular complexity index is 708. The minimum absolute atomic E-state index is 0.260. The maximum atomic E-state index is 12.1. The summed E-state index contributed by atoms with van der Waals surface area (Å²) in [4.78, 5) is 12.1. The third-order valence-corrected chi connectivity index (χ3v) is 3.31. The second-order valence-corrected chi connectivity index (χ2v) is 4.99. The molecule has 2 aromatic rings. The van der Waals surface area contributed by atoms with Gasteiger partial charge in [-0.1, -0.05) is 36.4 Å². The molecule has 0 saturated heterocycles. The molecular formula is C20H20O4. The largest absolute Gasteiger partial charge is 0.493 e. The highest BCUT2D eigenvalue weighted by atomic mass is 16.6. The minimum Gasteiger partial charge on any atom is -0.493 e. The Balaban J connectivity index is 2.22. The van der Waals surface area contributed by atoms with Gasteiger partial charge in [-0.05, 0) is 35.8 Å². The predicted molar refractivity (Wildman–Crippen MR) is 94.6 cm³/mol. The monoisotopic (exact) mass is 324 g/mol. The molecule has 0 atom stereocenters. The second-order valence-electron chi connectivity index (χ2n) is 4.99. The first kappa shape index (κ1) is 17.3. The zero-order valence-electron chi connectivity index (χ0n) is 13.8. The number of esters is 1. The lowest BCUT2D eigenvalue weighted by atomic mass is 10.1. The molecule has 0 heterocycles. The van der Waals surface area contributed by atoms with Gasteiger partial charge >= 0.3 is 5.97 Å². The van der Waals surface area contributed by atoms with E-state index in [-0.39, 0.29) is 5.75 Å². The van der Waals surface area contributed by atoms with Crippen molar-refractivity contribution in [2.75, 3.05) is 14.2 Å². The van der Waals surface area contributed by atoms with Crippen LogP contribution in [0, 0.1) is 0 Å². The number of rotatable bonds is 7. The molecule has 0 amide bonds. The number of methoxy groups -OCH3 is 2. The Labute approximate surface area is 142 Å². The molecule has 0 aliphatic rings. The molecule has 0 bridgehead atoms. The minimum atomic E-state index is -0.507. The van der Waals surface area contributed by atoms with E-state index in [1.54, 1.807) is 24.3 Å². The maximum Gasteiger partial charge on any atom is 0.336 e. The van der Waals surface area contributed by atoms with Crippen LogP contribution < -0.4 is 14.2 Å². The van der Waals surface area contributed by atoms with Crippen molar-refractivity contribution in [2.24, 2.45) is 0 Å². The molecule has 0 radical (unpaired) electrons. The summed E-state index contributed by atoms with van der Waals surface area (Å²) in [5.41, 5.74) is 1.87.